The second-order valence-electron chi connectivity index (χ2n) is 8.06. The molecule has 0 unspecified atom stereocenters. The highest BCUT2D eigenvalue weighted by Crippen LogP contribution is 2.45. The van der Waals surface area contributed by atoms with Crippen LogP contribution in [0.1, 0.15) is 36.5 Å². The molecule has 1 N–H and O–H groups in total. The summed E-state index contributed by atoms with van der Waals surface area (Å²) >= 11 is 0. The molecular weight excluding hydrogens is 352 g/mol. The number of para-hydroxylation sites is 1. The van der Waals surface area contributed by atoms with E-state index in [0.29, 0.717) is 19.1 Å². The number of amides is 1. The zero-order chi connectivity index (χ0) is 18.9. The quantitative estimate of drug-likeness (QED) is 0.883. The number of benzene rings is 2. The van der Waals surface area contributed by atoms with Gasteiger partial charge in [-0.2, -0.15) is 0 Å². The first kappa shape index (κ1) is 17.6. The highest BCUT2D eigenvalue weighted by atomic mass is 16.5. The van der Waals surface area contributed by atoms with E-state index in [1.165, 1.54) is 24.8 Å². The predicted octanol–water partition coefficient (Wildman–Crippen LogP) is 3.80. The Kier molecular flexibility index (Phi) is 4.69. The third-order valence-corrected chi connectivity index (χ3v) is 6.01. The molecule has 5 rings (SSSR count). The molecule has 0 saturated carbocycles. The van der Waals surface area contributed by atoms with E-state index in [1.807, 2.05) is 30.3 Å². The number of nitrogens with one attached hydrogen (secondary N) is 1. The first-order chi connectivity index (χ1) is 13.8. The van der Waals surface area contributed by atoms with E-state index in [-0.39, 0.29) is 12.0 Å². The number of fused-ring (bicyclic) bond motifs is 4. The Balaban J connectivity index is 1.33. The topological polar surface area (TPSA) is 50.8 Å². The van der Waals surface area contributed by atoms with Gasteiger partial charge in [-0.25, -0.2) is 0 Å². The van der Waals surface area contributed by atoms with Gasteiger partial charge < -0.3 is 14.8 Å². The molecule has 3 heterocycles. The van der Waals surface area contributed by atoms with E-state index in [0.717, 1.165) is 42.3 Å². The molecule has 2 atom stereocenters. The molecule has 2 aromatic rings. The zero-order valence-electron chi connectivity index (χ0n) is 16.0. The maximum Gasteiger partial charge on any atom is 0.238 e. The molecule has 0 aliphatic carbocycles. The second kappa shape index (κ2) is 7.47. The molecule has 28 heavy (non-hydrogen) atoms. The molecule has 1 fully saturated rings. The monoisotopic (exact) mass is 378 g/mol. The third kappa shape index (κ3) is 3.47. The van der Waals surface area contributed by atoms with E-state index < -0.39 is 0 Å². The van der Waals surface area contributed by atoms with Crippen molar-refractivity contribution < 1.29 is 14.3 Å². The number of anilines is 1. The molecule has 0 aromatic heterocycles. The summed E-state index contributed by atoms with van der Waals surface area (Å²) in [5, 5.41) is 3.06. The summed E-state index contributed by atoms with van der Waals surface area (Å²) in [5.41, 5.74) is 3.08. The Labute approximate surface area is 165 Å². The van der Waals surface area contributed by atoms with Crippen molar-refractivity contribution in [1.82, 2.24) is 4.90 Å². The van der Waals surface area contributed by atoms with Gasteiger partial charge in [0.2, 0.25) is 5.91 Å². The fourth-order valence-electron chi connectivity index (χ4n) is 4.57. The van der Waals surface area contributed by atoms with Gasteiger partial charge in [0.15, 0.2) is 0 Å². The van der Waals surface area contributed by atoms with Gasteiger partial charge in [0.25, 0.3) is 0 Å². The van der Waals surface area contributed by atoms with Crippen LogP contribution >= 0.6 is 0 Å². The maximum absolute atomic E-state index is 12.5. The number of ether oxygens (including phenoxy) is 2. The van der Waals surface area contributed by atoms with Crippen LogP contribution in [-0.4, -0.2) is 37.0 Å². The second-order valence-corrected chi connectivity index (χ2v) is 8.06. The average molecular weight is 378 g/mol. The number of nitrogens with zero attached hydrogens (tertiary/aromatic N) is 1. The number of hydrogen-bond acceptors (Lipinski definition) is 4. The lowest BCUT2D eigenvalue weighted by Crippen LogP contribution is -2.37. The summed E-state index contributed by atoms with van der Waals surface area (Å²) < 4.78 is 12.3. The molecule has 2 aromatic carbocycles. The molecule has 5 nitrogen and oxygen atoms in total. The van der Waals surface area contributed by atoms with Crippen molar-refractivity contribution in [3.63, 3.8) is 0 Å². The van der Waals surface area contributed by atoms with Gasteiger partial charge >= 0.3 is 0 Å². The summed E-state index contributed by atoms with van der Waals surface area (Å²) in [5.74, 6) is 2.15. The van der Waals surface area contributed by atoms with Crippen molar-refractivity contribution >= 4 is 11.6 Å². The van der Waals surface area contributed by atoms with Crippen molar-refractivity contribution in [2.45, 2.75) is 31.8 Å². The van der Waals surface area contributed by atoms with Crippen molar-refractivity contribution in [2.24, 2.45) is 5.92 Å². The highest BCUT2D eigenvalue weighted by molar-refractivity contribution is 5.92. The number of carbonyl (C=O) groups is 1. The summed E-state index contributed by atoms with van der Waals surface area (Å²) in [4.78, 5) is 14.7. The van der Waals surface area contributed by atoms with Gasteiger partial charge in [0, 0.05) is 17.2 Å². The molecule has 1 amide bonds. The van der Waals surface area contributed by atoms with E-state index >= 15 is 0 Å². The summed E-state index contributed by atoms with van der Waals surface area (Å²) in [6.45, 7) is 3.15. The first-order valence-electron chi connectivity index (χ1n) is 10.3. The molecular formula is C23H26N2O3. The van der Waals surface area contributed by atoms with E-state index in [4.69, 9.17) is 9.47 Å². The van der Waals surface area contributed by atoms with E-state index in [1.54, 1.807) is 0 Å². The molecule has 146 valence electrons. The Morgan fingerprint density at radius 3 is 2.82 bits per heavy atom. The SMILES string of the molecule is O=C(CN1CCCCC1)Nc1ccc2c(c1)[C@H]1Oc3ccccc3C[C@@H]1CO2. The van der Waals surface area contributed by atoms with Gasteiger partial charge in [-0.05, 0) is 62.2 Å². The van der Waals surface area contributed by atoms with E-state index in [9.17, 15) is 4.79 Å². The van der Waals surface area contributed by atoms with Crippen molar-refractivity contribution in [1.29, 1.82) is 0 Å². The van der Waals surface area contributed by atoms with Crippen LogP contribution in [0, 0.1) is 5.92 Å². The lowest BCUT2D eigenvalue weighted by molar-refractivity contribution is -0.117. The molecule has 5 heteroatoms. The molecule has 0 bridgehead atoms. The van der Waals surface area contributed by atoms with Gasteiger partial charge in [0.1, 0.15) is 17.6 Å². The summed E-state index contributed by atoms with van der Waals surface area (Å²) in [6.07, 6.45) is 4.56. The number of piperidine rings is 1. The average Bonchev–Trinajstić information content (AvgIpc) is 2.73. The molecule has 1 saturated heterocycles. The fourth-order valence-corrected chi connectivity index (χ4v) is 4.57. The minimum Gasteiger partial charge on any atom is -0.493 e. The Morgan fingerprint density at radius 1 is 1.07 bits per heavy atom. The Bertz CT molecular complexity index is 876. The lowest BCUT2D eigenvalue weighted by atomic mass is 9.85. The van der Waals surface area contributed by atoms with Gasteiger partial charge in [-0.1, -0.05) is 24.6 Å². The Hall–Kier alpha value is -2.53. The van der Waals surface area contributed by atoms with Crippen molar-refractivity contribution in [2.75, 3.05) is 31.6 Å². The van der Waals surface area contributed by atoms with Crippen LogP contribution in [0.5, 0.6) is 11.5 Å². The van der Waals surface area contributed by atoms with Gasteiger partial charge in [0.05, 0.1) is 13.2 Å². The fraction of sp³-hybridized carbons (Fsp3) is 0.435. The summed E-state index contributed by atoms with van der Waals surface area (Å²) in [6, 6.07) is 14.1. The zero-order valence-corrected chi connectivity index (χ0v) is 16.0. The minimum absolute atomic E-state index is 0.0300. The number of rotatable bonds is 3. The molecule has 3 aliphatic rings. The minimum atomic E-state index is -0.0300. The number of carbonyl (C=O) groups excluding carboxylic acids is 1. The first-order valence-corrected chi connectivity index (χ1v) is 10.3. The standard InChI is InChI=1S/C23H26N2O3/c26-22(14-25-10-4-1-5-11-25)24-18-8-9-21-19(13-18)23-17(15-27-21)12-16-6-2-3-7-20(16)28-23/h2-3,6-9,13,17,23H,1,4-5,10-12,14-15H2,(H,24,26)/t17-,23+/m1/s1. The van der Waals surface area contributed by atoms with Crippen LogP contribution < -0.4 is 14.8 Å². The van der Waals surface area contributed by atoms with Gasteiger partial charge in [-0.3, -0.25) is 9.69 Å². The third-order valence-electron chi connectivity index (χ3n) is 6.01. The van der Waals surface area contributed by atoms with Crippen LogP contribution in [0.2, 0.25) is 0 Å². The van der Waals surface area contributed by atoms with E-state index in [2.05, 4.69) is 22.3 Å². The van der Waals surface area contributed by atoms with Gasteiger partial charge in [-0.15, -0.1) is 0 Å². The Morgan fingerprint density at radius 2 is 1.93 bits per heavy atom. The highest BCUT2D eigenvalue weighted by Gasteiger charge is 2.37. The normalized spacial score (nSPS) is 23.4. The molecule has 3 aliphatic heterocycles. The summed E-state index contributed by atoms with van der Waals surface area (Å²) in [7, 11) is 0. The van der Waals surface area contributed by atoms with Crippen molar-refractivity contribution in [3.05, 3.63) is 53.6 Å². The predicted molar refractivity (Wildman–Crippen MR) is 108 cm³/mol. The smallest absolute Gasteiger partial charge is 0.238 e. The number of likely N-dealkylation sites (tertiary alicyclic amines) is 1. The maximum atomic E-state index is 12.5. The number of hydrogen-bond donors (Lipinski definition) is 1. The van der Waals surface area contributed by atoms with Crippen LogP contribution in [0.15, 0.2) is 42.5 Å². The van der Waals surface area contributed by atoms with Crippen LogP contribution in [0.3, 0.4) is 0 Å². The lowest BCUT2D eigenvalue weighted by Gasteiger charge is -2.38. The largest absolute Gasteiger partial charge is 0.493 e. The van der Waals surface area contributed by atoms with Crippen LogP contribution in [0.25, 0.3) is 0 Å². The van der Waals surface area contributed by atoms with Crippen LogP contribution in [-0.2, 0) is 11.2 Å². The molecule has 0 spiro atoms. The van der Waals surface area contributed by atoms with Crippen LogP contribution in [0.4, 0.5) is 5.69 Å². The molecule has 0 radical (unpaired) electrons. The van der Waals surface area contributed by atoms with Crippen molar-refractivity contribution in [3.8, 4) is 11.5 Å².